The third-order valence-corrected chi connectivity index (χ3v) is 4.78. The molecule has 1 atom stereocenters. The Balaban J connectivity index is 1.79. The molecular weight excluding hydrogens is 322 g/mol. The van der Waals surface area contributed by atoms with Crippen LogP contribution in [0.1, 0.15) is 29.0 Å². The maximum Gasteiger partial charge on any atom is 0.0671 e. The summed E-state index contributed by atoms with van der Waals surface area (Å²) >= 11 is 4.51. The van der Waals surface area contributed by atoms with Gasteiger partial charge in [0.05, 0.1) is 5.70 Å². The minimum Gasteiger partial charge on any atom is -0.252 e. The standard InChI is InChI=1S/C23H19NS/c25-21-13-7-12-19(14-21)20-15-22(17-8-3-1-4-9-17)24-23(16-20)18-10-5-2-6-11-18/h1-15,20,25H,16H2. The molecule has 0 amide bonds. The van der Waals surface area contributed by atoms with E-state index in [-0.39, 0.29) is 0 Å². The van der Waals surface area contributed by atoms with Crippen LogP contribution in [0.15, 0.2) is 101 Å². The molecule has 1 nitrogen and oxygen atoms in total. The first kappa shape index (κ1) is 15.9. The molecule has 1 aliphatic heterocycles. The highest BCUT2D eigenvalue weighted by atomic mass is 32.1. The van der Waals surface area contributed by atoms with Crippen molar-refractivity contribution in [2.45, 2.75) is 17.2 Å². The third-order valence-electron chi connectivity index (χ3n) is 4.50. The van der Waals surface area contributed by atoms with Crippen LogP contribution >= 0.6 is 12.6 Å². The predicted molar refractivity (Wildman–Crippen MR) is 108 cm³/mol. The van der Waals surface area contributed by atoms with Crippen LogP contribution in [-0.2, 0) is 0 Å². The van der Waals surface area contributed by atoms with Crippen molar-refractivity contribution >= 4 is 24.0 Å². The van der Waals surface area contributed by atoms with Crippen LogP contribution in [0.25, 0.3) is 5.70 Å². The van der Waals surface area contributed by atoms with Crippen LogP contribution in [0.5, 0.6) is 0 Å². The minimum atomic E-state index is 0.301. The maximum atomic E-state index is 4.98. The van der Waals surface area contributed by atoms with Gasteiger partial charge in [0.2, 0.25) is 0 Å². The molecule has 25 heavy (non-hydrogen) atoms. The summed E-state index contributed by atoms with van der Waals surface area (Å²) in [5.41, 5.74) is 5.81. The lowest BCUT2D eigenvalue weighted by atomic mass is 9.87. The van der Waals surface area contributed by atoms with Crippen molar-refractivity contribution < 1.29 is 0 Å². The largest absolute Gasteiger partial charge is 0.252 e. The van der Waals surface area contributed by atoms with E-state index in [0.29, 0.717) is 5.92 Å². The fraction of sp³-hybridized carbons (Fsp3) is 0.0870. The molecule has 1 heterocycles. The van der Waals surface area contributed by atoms with E-state index in [4.69, 9.17) is 4.99 Å². The number of thiol groups is 1. The molecule has 0 spiro atoms. The summed E-state index contributed by atoms with van der Waals surface area (Å²) in [5, 5.41) is 0. The lowest BCUT2D eigenvalue weighted by Gasteiger charge is -2.22. The molecule has 0 N–H and O–H groups in total. The predicted octanol–water partition coefficient (Wildman–Crippen LogP) is 5.99. The Kier molecular flexibility index (Phi) is 4.53. The highest BCUT2D eigenvalue weighted by Crippen LogP contribution is 2.34. The van der Waals surface area contributed by atoms with Gasteiger partial charge in [0.15, 0.2) is 0 Å². The molecule has 122 valence electrons. The van der Waals surface area contributed by atoms with Crippen molar-refractivity contribution in [1.29, 1.82) is 0 Å². The molecule has 2 heteroatoms. The maximum absolute atomic E-state index is 4.98. The molecule has 0 aromatic heterocycles. The Bertz CT molecular complexity index is 927. The zero-order chi connectivity index (χ0) is 17.1. The smallest absolute Gasteiger partial charge is 0.0671 e. The molecule has 1 unspecified atom stereocenters. The SMILES string of the molecule is Sc1cccc(C2C=C(c3ccccc3)N=C(c3ccccc3)C2)c1. The number of aliphatic imine (C=N–C) groups is 1. The molecule has 0 bridgehead atoms. The third kappa shape index (κ3) is 3.59. The van der Waals surface area contributed by atoms with Gasteiger partial charge in [-0.2, -0.15) is 0 Å². The Morgan fingerprint density at radius 2 is 1.44 bits per heavy atom. The number of nitrogens with zero attached hydrogens (tertiary/aromatic N) is 1. The van der Waals surface area contributed by atoms with Crippen molar-refractivity contribution in [3.63, 3.8) is 0 Å². The normalized spacial score (nSPS) is 16.9. The van der Waals surface area contributed by atoms with E-state index < -0.39 is 0 Å². The molecular formula is C23H19NS. The molecule has 0 aliphatic carbocycles. The lowest BCUT2D eigenvalue weighted by Crippen LogP contribution is -2.12. The van der Waals surface area contributed by atoms with Crippen LogP contribution in [0.2, 0.25) is 0 Å². The van der Waals surface area contributed by atoms with Gasteiger partial charge in [-0.05, 0) is 28.8 Å². The zero-order valence-electron chi connectivity index (χ0n) is 13.8. The Hall–Kier alpha value is -2.58. The fourth-order valence-corrected chi connectivity index (χ4v) is 3.47. The van der Waals surface area contributed by atoms with E-state index in [9.17, 15) is 0 Å². The topological polar surface area (TPSA) is 12.4 Å². The van der Waals surface area contributed by atoms with Gasteiger partial charge in [-0.1, -0.05) is 78.9 Å². The van der Waals surface area contributed by atoms with Gasteiger partial charge < -0.3 is 0 Å². The first-order valence-corrected chi connectivity index (χ1v) is 8.93. The summed E-state index contributed by atoms with van der Waals surface area (Å²) in [7, 11) is 0. The summed E-state index contributed by atoms with van der Waals surface area (Å²) in [4.78, 5) is 5.98. The number of rotatable bonds is 3. The first-order valence-electron chi connectivity index (χ1n) is 8.49. The van der Waals surface area contributed by atoms with Crippen molar-refractivity contribution in [3.05, 3.63) is 108 Å². The number of hydrogen-bond donors (Lipinski definition) is 1. The van der Waals surface area contributed by atoms with E-state index in [2.05, 4.69) is 85.4 Å². The van der Waals surface area contributed by atoms with E-state index >= 15 is 0 Å². The van der Waals surface area contributed by atoms with Crippen molar-refractivity contribution in [2.75, 3.05) is 0 Å². The van der Waals surface area contributed by atoms with E-state index in [1.54, 1.807) is 0 Å². The van der Waals surface area contributed by atoms with E-state index in [0.717, 1.165) is 28.3 Å². The highest BCUT2D eigenvalue weighted by Gasteiger charge is 2.20. The summed E-state index contributed by atoms with van der Waals surface area (Å²) in [6.45, 7) is 0. The van der Waals surface area contributed by atoms with Gasteiger partial charge in [-0.3, -0.25) is 4.99 Å². The second-order valence-corrected chi connectivity index (χ2v) is 6.76. The summed E-state index contributed by atoms with van der Waals surface area (Å²) in [5.74, 6) is 0.301. The van der Waals surface area contributed by atoms with Gasteiger partial charge in [0.25, 0.3) is 0 Å². The zero-order valence-corrected chi connectivity index (χ0v) is 14.7. The molecule has 0 saturated carbocycles. The quantitative estimate of drug-likeness (QED) is 0.562. The van der Waals surface area contributed by atoms with Crippen LogP contribution < -0.4 is 0 Å². The lowest BCUT2D eigenvalue weighted by molar-refractivity contribution is 0.875. The molecule has 3 aromatic carbocycles. The summed E-state index contributed by atoms with van der Waals surface area (Å²) < 4.78 is 0. The van der Waals surface area contributed by atoms with Crippen LogP contribution in [-0.4, -0.2) is 5.71 Å². The van der Waals surface area contributed by atoms with E-state index in [1.165, 1.54) is 11.1 Å². The minimum absolute atomic E-state index is 0.301. The first-order chi connectivity index (χ1) is 12.3. The molecule has 1 aliphatic rings. The Morgan fingerprint density at radius 3 is 2.12 bits per heavy atom. The second kappa shape index (κ2) is 7.12. The number of allylic oxidation sites excluding steroid dienone is 1. The van der Waals surface area contributed by atoms with Crippen LogP contribution in [0.3, 0.4) is 0 Å². The van der Waals surface area contributed by atoms with Crippen molar-refractivity contribution in [3.8, 4) is 0 Å². The highest BCUT2D eigenvalue weighted by molar-refractivity contribution is 7.80. The van der Waals surface area contributed by atoms with Crippen molar-refractivity contribution in [1.82, 2.24) is 0 Å². The van der Waals surface area contributed by atoms with Gasteiger partial charge in [-0.15, -0.1) is 12.6 Å². The van der Waals surface area contributed by atoms with Crippen LogP contribution in [0.4, 0.5) is 0 Å². The van der Waals surface area contributed by atoms with Gasteiger partial charge >= 0.3 is 0 Å². The van der Waals surface area contributed by atoms with Gasteiger partial charge in [0, 0.05) is 22.9 Å². The summed E-state index contributed by atoms with van der Waals surface area (Å²) in [6, 6.07) is 29.3. The second-order valence-electron chi connectivity index (χ2n) is 6.25. The molecule has 0 saturated heterocycles. The van der Waals surface area contributed by atoms with Crippen molar-refractivity contribution in [2.24, 2.45) is 4.99 Å². The number of benzene rings is 3. The molecule has 0 radical (unpaired) electrons. The Labute approximate surface area is 154 Å². The Morgan fingerprint density at radius 1 is 0.760 bits per heavy atom. The van der Waals surface area contributed by atoms with Gasteiger partial charge in [-0.25, -0.2) is 0 Å². The number of hydrogen-bond acceptors (Lipinski definition) is 2. The van der Waals surface area contributed by atoms with Crippen LogP contribution in [0, 0.1) is 0 Å². The molecule has 0 fully saturated rings. The van der Waals surface area contributed by atoms with E-state index in [1.807, 2.05) is 18.2 Å². The summed E-state index contributed by atoms with van der Waals surface area (Å²) in [6.07, 6.45) is 3.18. The molecule has 4 rings (SSSR count). The average Bonchev–Trinajstić information content (AvgIpc) is 2.69. The molecule has 3 aromatic rings. The average molecular weight is 341 g/mol. The van der Waals surface area contributed by atoms with Gasteiger partial charge in [0.1, 0.15) is 0 Å². The fourth-order valence-electron chi connectivity index (χ4n) is 3.24. The monoisotopic (exact) mass is 341 g/mol.